The lowest BCUT2D eigenvalue weighted by atomic mass is 10.2. The van der Waals surface area contributed by atoms with Crippen LogP contribution in [0.25, 0.3) is 4.96 Å². The molecule has 0 radical (unpaired) electrons. The molecule has 1 amide bonds. The van der Waals surface area contributed by atoms with Crippen LogP contribution in [0.3, 0.4) is 0 Å². The first kappa shape index (κ1) is 17.7. The maximum absolute atomic E-state index is 13.2. The number of carbonyl (C=O) groups is 1. The molecule has 1 fully saturated rings. The number of aliphatic hydroxyl groups excluding tert-OH is 1. The molecule has 4 heterocycles. The molecular weight excluding hydrogens is 350 g/mol. The number of rotatable bonds is 4. The fourth-order valence-corrected chi connectivity index (χ4v) is 4.45. The number of thiazole rings is 1. The van der Waals surface area contributed by atoms with Crippen LogP contribution in [0.15, 0.2) is 23.7 Å². The van der Waals surface area contributed by atoms with Crippen molar-refractivity contribution in [3.63, 3.8) is 0 Å². The fraction of sp³-hybridized carbons (Fsp3) is 0.556. The zero-order valence-electron chi connectivity index (χ0n) is 15.0. The predicted molar refractivity (Wildman–Crippen MR) is 102 cm³/mol. The van der Waals surface area contributed by atoms with Crippen LogP contribution in [0.4, 0.5) is 0 Å². The van der Waals surface area contributed by atoms with E-state index < -0.39 is 0 Å². The summed E-state index contributed by atoms with van der Waals surface area (Å²) in [5.74, 6) is 0.0268. The summed E-state index contributed by atoms with van der Waals surface area (Å²) in [6.45, 7) is 4.90. The van der Waals surface area contributed by atoms with Crippen molar-refractivity contribution in [2.75, 3.05) is 46.4 Å². The molecule has 0 aromatic carbocycles. The number of hydrogen-bond acceptors (Lipinski definition) is 6. The van der Waals surface area contributed by atoms with Crippen LogP contribution in [-0.2, 0) is 6.54 Å². The van der Waals surface area contributed by atoms with Gasteiger partial charge in [-0.15, -0.1) is 11.3 Å². The van der Waals surface area contributed by atoms with Crippen molar-refractivity contribution in [1.82, 2.24) is 24.1 Å². The maximum atomic E-state index is 13.2. The summed E-state index contributed by atoms with van der Waals surface area (Å²) >= 11 is 1.54. The molecule has 2 aromatic rings. The highest BCUT2D eigenvalue weighted by Crippen LogP contribution is 2.23. The Labute approximate surface area is 157 Å². The summed E-state index contributed by atoms with van der Waals surface area (Å²) in [5, 5.41) is 11.6. The van der Waals surface area contributed by atoms with Crippen LogP contribution in [0.5, 0.6) is 0 Å². The second kappa shape index (κ2) is 7.48. The molecule has 0 spiro atoms. The van der Waals surface area contributed by atoms with E-state index in [-0.39, 0.29) is 18.6 Å². The number of amides is 1. The van der Waals surface area contributed by atoms with Gasteiger partial charge in [0.25, 0.3) is 5.91 Å². The minimum Gasteiger partial charge on any atom is -0.394 e. The molecule has 0 saturated carbocycles. The molecule has 4 rings (SSSR count). The second-order valence-corrected chi connectivity index (χ2v) is 7.89. The summed E-state index contributed by atoms with van der Waals surface area (Å²) in [6.07, 6.45) is 7.06. The van der Waals surface area contributed by atoms with E-state index in [1.165, 1.54) is 0 Å². The number of fused-ring (bicyclic) bond motifs is 1. The van der Waals surface area contributed by atoms with E-state index in [0.717, 1.165) is 49.8 Å². The zero-order chi connectivity index (χ0) is 18.1. The first-order valence-electron chi connectivity index (χ1n) is 9.11. The van der Waals surface area contributed by atoms with Gasteiger partial charge >= 0.3 is 0 Å². The first-order chi connectivity index (χ1) is 12.7. The molecule has 0 aliphatic carbocycles. The van der Waals surface area contributed by atoms with Crippen LogP contribution in [0.2, 0.25) is 0 Å². The van der Waals surface area contributed by atoms with E-state index in [0.29, 0.717) is 12.2 Å². The van der Waals surface area contributed by atoms with Gasteiger partial charge in [0.1, 0.15) is 0 Å². The number of hydrogen-bond donors (Lipinski definition) is 1. The van der Waals surface area contributed by atoms with E-state index >= 15 is 0 Å². The van der Waals surface area contributed by atoms with Crippen LogP contribution in [-0.4, -0.2) is 87.5 Å². The van der Waals surface area contributed by atoms with Crippen molar-refractivity contribution in [3.05, 3.63) is 35.1 Å². The standard InChI is InChI=1S/C18H25N5O2S/c1-20-5-3-7-21(9-8-20)17(25)16-15(23-10-11-26-18(23)19-16)12-22-6-2-4-14(22)13-24/h2,4,10-11,14,24H,3,5-9,12-13H2,1H3. The fourth-order valence-electron chi connectivity index (χ4n) is 3.72. The van der Waals surface area contributed by atoms with Gasteiger partial charge in [-0.1, -0.05) is 12.2 Å². The van der Waals surface area contributed by atoms with Gasteiger partial charge in [0.2, 0.25) is 0 Å². The van der Waals surface area contributed by atoms with Crippen molar-refractivity contribution >= 4 is 22.2 Å². The van der Waals surface area contributed by atoms with Crippen LogP contribution < -0.4 is 0 Å². The molecule has 8 heteroatoms. The maximum Gasteiger partial charge on any atom is 0.274 e. The van der Waals surface area contributed by atoms with Crippen LogP contribution in [0.1, 0.15) is 22.6 Å². The van der Waals surface area contributed by atoms with Crippen molar-refractivity contribution in [1.29, 1.82) is 0 Å². The van der Waals surface area contributed by atoms with Gasteiger partial charge in [-0.05, 0) is 20.0 Å². The molecule has 1 N–H and O–H groups in total. The molecule has 1 atom stereocenters. The van der Waals surface area contributed by atoms with Crippen molar-refractivity contribution in [2.24, 2.45) is 0 Å². The quantitative estimate of drug-likeness (QED) is 0.805. The first-order valence-corrected chi connectivity index (χ1v) is 9.99. The van der Waals surface area contributed by atoms with Gasteiger partial charge in [-0.25, -0.2) is 4.98 Å². The molecule has 2 aromatic heterocycles. The average Bonchev–Trinajstić information content (AvgIpc) is 3.31. The third-order valence-corrected chi connectivity index (χ3v) is 6.03. The van der Waals surface area contributed by atoms with Gasteiger partial charge in [0, 0.05) is 44.3 Å². The largest absolute Gasteiger partial charge is 0.394 e. The van der Waals surface area contributed by atoms with Crippen LogP contribution in [0, 0.1) is 0 Å². The van der Waals surface area contributed by atoms with Gasteiger partial charge in [0.05, 0.1) is 18.3 Å². The highest BCUT2D eigenvalue weighted by Gasteiger charge is 2.28. The Morgan fingerprint density at radius 3 is 3.08 bits per heavy atom. The lowest BCUT2D eigenvalue weighted by Gasteiger charge is -2.24. The average molecular weight is 375 g/mol. The minimum atomic E-state index is 0.00831. The summed E-state index contributed by atoms with van der Waals surface area (Å²) in [5.41, 5.74) is 1.48. The predicted octanol–water partition coefficient (Wildman–Crippen LogP) is 0.906. The third kappa shape index (κ3) is 3.29. The molecule has 140 valence electrons. The monoisotopic (exact) mass is 375 g/mol. The van der Waals surface area contributed by atoms with Gasteiger partial charge in [0.15, 0.2) is 10.7 Å². The van der Waals surface area contributed by atoms with E-state index in [4.69, 9.17) is 0 Å². The molecule has 0 bridgehead atoms. The highest BCUT2D eigenvalue weighted by molar-refractivity contribution is 7.15. The highest BCUT2D eigenvalue weighted by atomic mass is 32.1. The van der Waals surface area contributed by atoms with Crippen molar-refractivity contribution in [3.8, 4) is 0 Å². The number of aromatic nitrogens is 2. The third-order valence-electron chi connectivity index (χ3n) is 5.28. The number of carbonyl (C=O) groups excluding carboxylic acids is 1. The Morgan fingerprint density at radius 2 is 2.23 bits per heavy atom. The second-order valence-electron chi connectivity index (χ2n) is 7.02. The molecule has 2 aliphatic heterocycles. The van der Waals surface area contributed by atoms with Crippen molar-refractivity contribution in [2.45, 2.75) is 19.0 Å². The summed E-state index contributed by atoms with van der Waals surface area (Å²) in [6, 6.07) is 0.00831. The molecule has 1 unspecified atom stereocenters. The zero-order valence-corrected chi connectivity index (χ0v) is 15.9. The summed E-state index contributed by atoms with van der Waals surface area (Å²) < 4.78 is 2.02. The van der Waals surface area contributed by atoms with Gasteiger partial charge in [-0.3, -0.25) is 14.1 Å². The number of aliphatic hydroxyl groups is 1. The molecule has 26 heavy (non-hydrogen) atoms. The van der Waals surface area contributed by atoms with E-state index in [9.17, 15) is 9.90 Å². The lowest BCUT2D eigenvalue weighted by Crippen LogP contribution is -2.37. The van der Waals surface area contributed by atoms with Gasteiger partial charge in [-0.2, -0.15) is 0 Å². The molecule has 7 nitrogen and oxygen atoms in total. The van der Waals surface area contributed by atoms with Gasteiger partial charge < -0.3 is 14.9 Å². The minimum absolute atomic E-state index is 0.00831. The normalized spacial score (nSPS) is 22.4. The Kier molecular flexibility index (Phi) is 5.08. The molecule has 2 aliphatic rings. The topological polar surface area (TPSA) is 64.3 Å². The summed E-state index contributed by atoms with van der Waals surface area (Å²) in [4.78, 5) is 25.1. The van der Waals surface area contributed by atoms with E-state index in [2.05, 4.69) is 27.9 Å². The number of imidazole rings is 1. The SMILES string of the molecule is CN1CCCN(C(=O)c2nc3sccn3c2CN2CC=CC2CO)CC1. The number of likely N-dealkylation sites (N-methyl/N-ethyl adjacent to an activating group) is 1. The Bertz CT molecular complexity index is 814. The Hall–Kier alpha value is -1.74. The molecule has 1 saturated heterocycles. The Balaban J connectivity index is 1.62. The van der Waals surface area contributed by atoms with E-state index in [1.807, 2.05) is 27.0 Å². The lowest BCUT2D eigenvalue weighted by molar-refractivity contribution is 0.0754. The number of nitrogens with zero attached hydrogens (tertiary/aromatic N) is 5. The summed E-state index contributed by atoms with van der Waals surface area (Å²) in [7, 11) is 2.10. The van der Waals surface area contributed by atoms with Crippen molar-refractivity contribution < 1.29 is 9.90 Å². The van der Waals surface area contributed by atoms with Crippen LogP contribution >= 0.6 is 11.3 Å². The smallest absolute Gasteiger partial charge is 0.274 e. The Morgan fingerprint density at radius 1 is 1.35 bits per heavy atom. The van der Waals surface area contributed by atoms with E-state index in [1.54, 1.807) is 11.3 Å². The molecular formula is C18H25N5O2S.